The molecule has 0 saturated heterocycles. The molecular formula is C27H30O4S. The van der Waals surface area contributed by atoms with E-state index in [1.165, 1.54) is 0 Å². The van der Waals surface area contributed by atoms with E-state index < -0.39 is 15.7 Å². The monoisotopic (exact) mass is 450 g/mol. The minimum absolute atomic E-state index is 0.219. The third-order valence-electron chi connectivity index (χ3n) is 6.18. The molecule has 0 N–H and O–H groups in total. The van der Waals surface area contributed by atoms with Crippen molar-refractivity contribution in [2.45, 2.75) is 37.4 Å². The molecule has 5 heteroatoms. The van der Waals surface area contributed by atoms with E-state index in [9.17, 15) is 8.42 Å². The Kier molecular flexibility index (Phi) is 7.09. The van der Waals surface area contributed by atoms with E-state index in [0.717, 1.165) is 48.6 Å². The van der Waals surface area contributed by atoms with E-state index >= 15 is 0 Å². The highest BCUT2D eigenvalue weighted by molar-refractivity contribution is 7.86. The predicted octanol–water partition coefficient (Wildman–Crippen LogP) is 5.53. The predicted molar refractivity (Wildman–Crippen MR) is 127 cm³/mol. The summed E-state index contributed by atoms with van der Waals surface area (Å²) < 4.78 is 35.0. The number of hydrogen-bond acceptors (Lipinski definition) is 4. The Balaban J connectivity index is 1.62. The Hall–Kier alpha value is -2.47. The second kappa shape index (κ2) is 9.99. The highest BCUT2D eigenvalue weighted by Crippen LogP contribution is 2.41. The van der Waals surface area contributed by atoms with Gasteiger partial charge in [0.2, 0.25) is 0 Å². The summed E-state index contributed by atoms with van der Waals surface area (Å²) in [5, 5.41) is 0. The van der Waals surface area contributed by atoms with E-state index in [0.29, 0.717) is 12.5 Å². The van der Waals surface area contributed by atoms with E-state index in [-0.39, 0.29) is 6.10 Å². The van der Waals surface area contributed by atoms with Gasteiger partial charge in [0, 0.05) is 0 Å². The highest BCUT2D eigenvalue weighted by atomic mass is 32.2. The van der Waals surface area contributed by atoms with Gasteiger partial charge in [0.25, 0.3) is 10.1 Å². The van der Waals surface area contributed by atoms with Gasteiger partial charge < -0.3 is 4.74 Å². The van der Waals surface area contributed by atoms with Crippen LogP contribution in [0.4, 0.5) is 0 Å². The molecule has 0 heterocycles. The largest absolute Gasteiger partial charge is 0.361 e. The molecule has 4 rings (SSSR count). The molecule has 168 valence electrons. The Labute approximate surface area is 191 Å². The van der Waals surface area contributed by atoms with Crippen LogP contribution in [0.25, 0.3) is 0 Å². The number of rotatable bonds is 8. The summed E-state index contributed by atoms with van der Waals surface area (Å²) in [6.45, 7) is 0.588. The lowest BCUT2D eigenvalue weighted by molar-refractivity contribution is -0.0209. The minimum atomic E-state index is -3.42. The molecule has 1 aliphatic carbocycles. The molecule has 0 radical (unpaired) electrons. The quantitative estimate of drug-likeness (QED) is 0.334. The maximum atomic E-state index is 11.5. The third kappa shape index (κ3) is 5.29. The fourth-order valence-electron chi connectivity index (χ4n) is 4.65. The van der Waals surface area contributed by atoms with Crippen molar-refractivity contribution >= 4 is 10.1 Å². The summed E-state index contributed by atoms with van der Waals surface area (Å²) in [6, 6.07) is 31.1. The summed E-state index contributed by atoms with van der Waals surface area (Å²) in [5.74, 6) is 0.352. The Bertz CT molecular complexity index is 978. The first-order chi connectivity index (χ1) is 15.5. The topological polar surface area (TPSA) is 52.6 Å². The summed E-state index contributed by atoms with van der Waals surface area (Å²) in [7, 11) is -3.42. The van der Waals surface area contributed by atoms with Gasteiger partial charge in [0.15, 0.2) is 0 Å². The van der Waals surface area contributed by atoms with E-state index in [1.54, 1.807) is 0 Å². The molecule has 3 aromatic carbocycles. The zero-order chi connectivity index (χ0) is 22.4. The van der Waals surface area contributed by atoms with Crippen molar-refractivity contribution in [1.29, 1.82) is 0 Å². The van der Waals surface area contributed by atoms with Crippen LogP contribution >= 0.6 is 0 Å². The normalized spacial score (nSPS) is 19.5. The molecule has 0 aliphatic heterocycles. The second-order valence-corrected chi connectivity index (χ2v) is 10.1. The van der Waals surface area contributed by atoms with Crippen molar-refractivity contribution in [3.8, 4) is 0 Å². The molecule has 1 fully saturated rings. The second-order valence-electron chi connectivity index (χ2n) is 8.53. The van der Waals surface area contributed by atoms with Gasteiger partial charge in [-0.15, -0.1) is 0 Å². The van der Waals surface area contributed by atoms with Crippen molar-refractivity contribution in [3.05, 3.63) is 108 Å². The molecule has 0 bridgehead atoms. The standard InChI is InChI=1S/C27H30O4S/c1-32(28,29)31-26-19-17-22(18-20-26)21-30-27(23-11-5-2-6-12-23,24-13-7-3-8-14-24)25-15-9-4-10-16-25/h2-16,22,26H,17-21H2,1H3. The van der Waals surface area contributed by atoms with Gasteiger partial charge in [0.1, 0.15) is 5.60 Å². The fourth-order valence-corrected chi connectivity index (χ4v) is 5.34. The summed E-state index contributed by atoms with van der Waals surface area (Å²) in [5.41, 5.74) is 2.55. The molecule has 32 heavy (non-hydrogen) atoms. The number of benzene rings is 3. The maximum Gasteiger partial charge on any atom is 0.264 e. The lowest BCUT2D eigenvalue weighted by atomic mass is 9.79. The Morgan fingerprint density at radius 2 is 1.12 bits per heavy atom. The van der Waals surface area contributed by atoms with Crippen LogP contribution in [0.15, 0.2) is 91.0 Å². The van der Waals surface area contributed by atoms with Crippen LogP contribution in [0.3, 0.4) is 0 Å². The van der Waals surface area contributed by atoms with Gasteiger partial charge in [-0.05, 0) is 48.3 Å². The highest BCUT2D eigenvalue weighted by Gasteiger charge is 2.38. The molecule has 0 unspecified atom stereocenters. The van der Waals surface area contributed by atoms with Crippen LogP contribution in [0.2, 0.25) is 0 Å². The SMILES string of the molecule is CS(=O)(=O)OC1CCC(COC(c2ccccc2)(c2ccccc2)c2ccccc2)CC1. The average molecular weight is 451 g/mol. The fraction of sp³-hybridized carbons (Fsp3) is 0.333. The zero-order valence-corrected chi connectivity index (χ0v) is 19.2. The van der Waals surface area contributed by atoms with Crippen molar-refractivity contribution in [2.24, 2.45) is 5.92 Å². The van der Waals surface area contributed by atoms with E-state index in [2.05, 4.69) is 36.4 Å². The molecule has 0 spiro atoms. The first-order valence-electron chi connectivity index (χ1n) is 11.2. The molecule has 0 amide bonds. The van der Waals surface area contributed by atoms with Gasteiger partial charge in [0.05, 0.1) is 19.0 Å². The van der Waals surface area contributed by atoms with Crippen LogP contribution in [0.1, 0.15) is 42.4 Å². The first kappa shape index (κ1) is 22.7. The van der Waals surface area contributed by atoms with Crippen molar-refractivity contribution in [1.82, 2.24) is 0 Å². The van der Waals surface area contributed by atoms with Gasteiger partial charge in [-0.2, -0.15) is 8.42 Å². The maximum absolute atomic E-state index is 11.5. The van der Waals surface area contributed by atoms with Crippen LogP contribution in [-0.4, -0.2) is 27.4 Å². The zero-order valence-electron chi connectivity index (χ0n) is 18.4. The smallest absolute Gasteiger partial charge is 0.264 e. The molecule has 1 aliphatic rings. The summed E-state index contributed by atoms with van der Waals surface area (Å²) >= 11 is 0. The summed E-state index contributed by atoms with van der Waals surface area (Å²) in [6.07, 6.45) is 4.13. The van der Waals surface area contributed by atoms with Crippen molar-refractivity contribution < 1.29 is 17.3 Å². The van der Waals surface area contributed by atoms with Crippen molar-refractivity contribution in [2.75, 3.05) is 12.9 Å². The van der Waals surface area contributed by atoms with Gasteiger partial charge in [-0.1, -0.05) is 91.0 Å². The number of ether oxygens (including phenoxy) is 1. The minimum Gasteiger partial charge on any atom is -0.361 e. The van der Waals surface area contributed by atoms with Gasteiger partial charge in [-0.3, -0.25) is 4.18 Å². The van der Waals surface area contributed by atoms with Crippen LogP contribution in [0.5, 0.6) is 0 Å². The van der Waals surface area contributed by atoms with Gasteiger partial charge >= 0.3 is 0 Å². The van der Waals surface area contributed by atoms with Crippen LogP contribution in [0, 0.1) is 5.92 Å². The lowest BCUT2D eigenvalue weighted by Gasteiger charge is -2.38. The van der Waals surface area contributed by atoms with Crippen LogP contribution < -0.4 is 0 Å². The average Bonchev–Trinajstić information content (AvgIpc) is 2.82. The lowest BCUT2D eigenvalue weighted by Crippen LogP contribution is -2.35. The van der Waals surface area contributed by atoms with E-state index in [4.69, 9.17) is 8.92 Å². The Morgan fingerprint density at radius 1 is 0.719 bits per heavy atom. The molecule has 4 nitrogen and oxygen atoms in total. The third-order valence-corrected chi connectivity index (χ3v) is 6.80. The number of hydrogen-bond donors (Lipinski definition) is 0. The Morgan fingerprint density at radius 3 is 1.50 bits per heavy atom. The first-order valence-corrected chi connectivity index (χ1v) is 13.0. The van der Waals surface area contributed by atoms with Gasteiger partial charge in [-0.25, -0.2) is 0 Å². The molecular weight excluding hydrogens is 420 g/mol. The molecule has 1 saturated carbocycles. The molecule has 0 atom stereocenters. The van der Waals surface area contributed by atoms with Crippen LogP contribution in [-0.2, 0) is 24.6 Å². The molecule has 3 aromatic rings. The molecule has 0 aromatic heterocycles. The summed E-state index contributed by atoms with van der Waals surface area (Å²) in [4.78, 5) is 0. The van der Waals surface area contributed by atoms with Crippen molar-refractivity contribution in [3.63, 3.8) is 0 Å². The van der Waals surface area contributed by atoms with E-state index in [1.807, 2.05) is 54.6 Å².